The summed E-state index contributed by atoms with van der Waals surface area (Å²) in [4.78, 5) is 0. The van der Waals surface area contributed by atoms with E-state index in [0.717, 1.165) is 29.8 Å². The molecule has 2 nitrogen and oxygen atoms in total. The van der Waals surface area contributed by atoms with Crippen LogP contribution in [-0.4, -0.2) is 13.7 Å². The molecule has 0 spiro atoms. The van der Waals surface area contributed by atoms with E-state index in [4.69, 9.17) is 27.9 Å². The molecule has 0 aliphatic rings. The van der Waals surface area contributed by atoms with E-state index in [-0.39, 0.29) is 6.04 Å². The van der Waals surface area contributed by atoms with Crippen molar-refractivity contribution < 1.29 is 4.74 Å². The van der Waals surface area contributed by atoms with E-state index in [9.17, 15) is 0 Å². The second kappa shape index (κ2) is 7.69. The number of rotatable bonds is 6. The summed E-state index contributed by atoms with van der Waals surface area (Å²) in [5.74, 6) is 0.818. The summed E-state index contributed by atoms with van der Waals surface area (Å²) in [6.07, 6.45) is 1.03. The molecule has 4 heteroatoms. The third-order valence-electron chi connectivity index (χ3n) is 3.31. The number of hydrogen-bond acceptors (Lipinski definition) is 2. The van der Waals surface area contributed by atoms with Crippen molar-refractivity contribution in [2.24, 2.45) is 0 Å². The summed E-state index contributed by atoms with van der Waals surface area (Å²) < 4.78 is 5.31. The molecule has 0 radical (unpaired) electrons. The molecule has 2 aromatic rings. The Balaban J connectivity index is 2.47. The standard InChI is InChI=1S/C17H19Cl2NO/c1-3-10-20-17(12-6-4-7-13(11-12)21-2)16-14(18)8-5-9-15(16)19/h4-9,11,17,20H,3,10H2,1-2H3. The molecule has 112 valence electrons. The van der Waals surface area contributed by atoms with Crippen LogP contribution in [0.25, 0.3) is 0 Å². The Morgan fingerprint density at radius 1 is 1.10 bits per heavy atom. The van der Waals surface area contributed by atoms with Gasteiger partial charge in [-0.25, -0.2) is 0 Å². The predicted octanol–water partition coefficient (Wildman–Crippen LogP) is 5.09. The van der Waals surface area contributed by atoms with Crippen LogP contribution in [0.15, 0.2) is 42.5 Å². The molecular weight excluding hydrogens is 305 g/mol. The lowest BCUT2D eigenvalue weighted by Crippen LogP contribution is -2.23. The van der Waals surface area contributed by atoms with E-state index in [2.05, 4.69) is 18.3 Å². The molecule has 2 rings (SSSR count). The van der Waals surface area contributed by atoms with Gasteiger partial charge in [0.05, 0.1) is 13.2 Å². The highest BCUT2D eigenvalue weighted by atomic mass is 35.5. The highest BCUT2D eigenvalue weighted by molar-refractivity contribution is 6.36. The van der Waals surface area contributed by atoms with Crippen molar-refractivity contribution >= 4 is 23.2 Å². The van der Waals surface area contributed by atoms with Gasteiger partial charge in [0, 0.05) is 15.6 Å². The Bertz CT molecular complexity index is 581. The molecule has 21 heavy (non-hydrogen) atoms. The molecule has 0 aromatic heterocycles. The van der Waals surface area contributed by atoms with Crippen LogP contribution in [0.2, 0.25) is 10.0 Å². The van der Waals surface area contributed by atoms with Crippen molar-refractivity contribution in [3.8, 4) is 5.75 Å². The maximum atomic E-state index is 6.37. The van der Waals surface area contributed by atoms with E-state index in [0.29, 0.717) is 10.0 Å². The molecule has 0 amide bonds. The number of ether oxygens (including phenoxy) is 1. The number of nitrogens with one attached hydrogen (secondary N) is 1. The molecule has 0 heterocycles. The van der Waals surface area contributed by atoms with Crippen LogP contribution >= 0.6 is 23.2 Å². The van der Waals surface area contributed by atoms with Gasteiger partial charge < -0.3 is 10.1 Å². The van der Waals surface area contributed by atoms with Crippen LogP contribution < -0.4 is 10.1 Å². The van der Waals surface area contributed by atoms with Crippen LogP contribution in [0.5, 0.6) is 5.75 Å². The van der Waals surface area contributed by atoms with Crippen molar-refractivity contribution in [1.82, 2.24) is 5.32 Å². The third-order valence-corrected chi connectivity index (χ3v) is 3.97. The van der Waals surface area contributed by atoms with Crippen molar-refractivity contribution in [1.29, 1.82) is 0 Å². The highest BCUT2D eigenvalue weighted by Crippen LogP contribution is 2.35. The van der Waals surface area contributed by atoms with Gasteiger partial charge in [-0.15, -0.1) is 0 Å². The fraction of sp³-hybridized carbons (Fsp3) is 0.294. The molecule has 1 unspecified atom stereocenters. The number of methoxy groups -OCH3 is 1. The zero-order chi connectivity index (χ0) is 15.2. The quantitative estimate of drug-likeness (QED) is 0.799. The number of halogens is 2. The second-order valence-corrected chi connectivity index (χ2v) is 5.61. The molecule has 1 N–H and O–H groups in total. The second-order valence-electron chi connectivity index (χ2n) is 4.80. The minimum atomic E-state index is -0.0544. The van der Waals surface area contributed by atoms with Gasteiger partial charge in [-0.2, -0.15) is 0 Å². The molecule has 1 atom stereocenters. The summed E-state index contributed by atoms with van der Waals surface area (Å²) >= 11 is 12.7. The molecule has 0 saturated heterocycles. The molecule has 0 aliphatic carbocycles. The Labute approximate surface area is 136 Å². The van der Waals surface area contributed by atoms with E-state index in [1.807, 2.05) is 36.4 Å². The van der Waals surface area contributed by atoms with E-state index in [1.165, 1.54) is 0 Å². The summed E-state index contributed by atoms with van der Waals surface area (Å²) in [6, 6.07) is 13.5. The van der Waals surface area contributed by atoms with Gasteiger partial charge in [-0.05, 0) is 42.8 Å². The van der Waals surface area contributed by atoms with Crippen LogP contribution in [-0.2, 0) is 0 Å². The average Bonchev–Trinajstić information content (AvgIpc) is 2.50. The van der Waals surface area contributed by atoms with Gasteiger partial charge >= 0.3 is 0 Å². The fourth-order valence-corrected chi connectivity index (χ4v) is 2.90. The van der Waals surface area contributed by atoms with Gasteiger partial charge in [-0.3, -0.25) is 0 Å². The van der Waals surface area contributed by atoms with E-state index >= 15 is 0 Å². The van der Waals surface area contributed by atoms with Gasteiger partial charge in [-0.1, -0.05) is 48.3 Å². The maximum absolute atomic E-state index is 6.37. The lowest BCUT2D eigenvalue weighted by molar-refractivity contribution is 0.413. The van der Waals surface area contributed by atoms with Crippen LogP contribution in [0.1, 0.15) is 30.5 Å². The predicted molar refractivity (Wildman–Crippen MR) is 89.6 cm³/mol. The molecule has 0 bridgehead atoms. The largest absolute Gasteiger partial charge is 0.497 e. The lowest BCUT2D eigenvalue weighted by Gasteiger charge is -2.22. The van der Waals surface area contributed by atoms with Gasteiger partial charge in [0.2, 0.25) is 0 Å². The Hall–Kier alpha value is -1.22. The minimum absolute atomic E-state index is 0.0544. The zero-order valence-electron chi connectivity index (χ0n) is 12.2. The molecule has 0 saturated carbocycles. The first-order valence-electron chi connectivity index (χ1n) is 6.98. The van der Waals surface area contributed by atoms with Crippen LogP contribution in [0.4, 0.5) is 0 Å². The summed E-state index contributed by atoms with van der Waals surface area (Å²) in [5.41, 5.74) is 1.99. The van der Waals surface area contributed by atoms with Gasteiger partial charge in [0.1, 0.15) is 5.75 Å². The summed E-state index contributed by atoms with van der Waals surface area (Å²) in [6.45, 7) is 3.01. The Morgan fingerprint density at radius 2 is 1.76 bits per heavy atom. The molecule has 0 fully saturated rings. The van der Waals surface area contributed by atoms with Crippen LogP contribution in [0.3, 0.4) is 0 Å². The van der Waals surface area contributed by atoms with E-state index in [1.54, 1.807) is 7.11 Å². The van der Waals surface area contributed by atoms with Crippen molar-refractivity contribution in [3.05, 3.63) is 63.6 Å². The van der Waals surface area contributed by atoms with Gasteiger partial charge in [0.25, 0.3) is 0 Å². The van der Waals surface area contributed by atoms with Gasteiger partial charge in [0.15, 0.2) is 0 Å². The monoisotopic (exact) mass is 323 g/mol. The summed E-state index contributed by atoms with van der Waals surface area (Å²) in [5, 5.41) is 4.84. The highest BCUT2D eigenvalue weighted by Gasteiger charge is 2.19. The Kier molecular flexibility index (Phi) is 5.92. The first kappa shape index (κ1) is 16.2. The lowest BCUT2D eigenvalue weighted by atomic mass is 9.98. The average molecular weight is 324 g/mol. The fourth-order valence-electron chi connectivity index (χ4n) is 2.28. The smallest absolute Gasteiger partial charge is 0.119 e. The third kappa shape index (κ3) is 3.91. The molecule has 2 aromatic carbocycles. The van der Waals surface area contributed by atoms with E-state index < -0.39 is 0 Å². The Morgan fingerprint density at radius 3 is 2.38 bits per heavy atom. The van der Waals surface area contributed by atoms with Crippen LogP contribution in [0, 0.1) is 0 Å². The zero-order valence-corrected chi connectivity index (χ0v) is 13.7. The molecular formula is C17H19Cl2NO. The number of benzene rings is 2. The van der Waals surface area contributed by atoms with Crippen molar-refractivity contribution in [3.63, 3.8) is 0 Å². The first-order valence-corrected chi connectivity index (χ1v) is 7.74. The summed E-state index contributed by atoms with van der Waals surface area (Å²) in [7, 11) is 1.66. The maximum Gasteiger partial charge on any atom is 0.119 e. The normalized spacial score (nSPS) is 12.2. The topological polar surface area (TPSA) is 21.3 Å². The van der Waals surface area contributed by atoms with Crippen molar-refractivity contribution in [2.45, 2.75) is 19.4 Å². The molecule has 0 aliphatic heterocycles. The minimum Gasteiger partial charge on any atom is -0.497 e. The number of hydrogen-bond donors (Lipinski definition) is 1. The SMILES string of the molecule is CCCNC(c1cccc(OC)c1)c1c(Cl)cccc1Cl. The first-order chi connectivity index (χ1) is 10.2. The van der Waals surface area contributed by atoms with Crippen molar-refractivity contribution in [2.75, 3.05) is 13.7 Å².